The zero-order valence-corrected chi connectivity index (χ0v) is 14.6. The van der Waals surface area contributed by atoms with Crippen molar-refractivity contribution in [2.24, 2.45) is 11.8 Å². The highest BCUT2D eigenvalue weighted by molar-refractivity contribution is 6.00. The number of methoxy groups -OCH3 is 2. The van der Waals surface area contributed by atoms with Crippen LogP contribution in [-0.4, -0.2) is 52.3 Å². The zero-order chi connectivity index (χ0) is 17.8. The molecular formula is C18H24N2O5. The van der Waals surface area contributed by atoms with E-state index in [1.54, 1.807) is 37.3 Å². The molecule has 0 radical (unpaired) electrons. The van der Waals surface area contributed by atoms with Crippen LogP contribution in [-0.2, 0) is 14.3 Å². The first-order valence-electron chi connectivity index (χ1n) is 8.50. The summed E-state index contributed by atoms with van der Waals surface area (Å²) >= 11 is 0. The molecular weight excluding hydrogens is 324 g/mol. The number of ether oxygens (including phenoxy) is 3. The Labute approximate surface area is 147 Å². The average Bonchev–Trinajstić information content (AvgIpc) is 3.28. The highest BCUT2D eigenvalue weighted by Gasteiger charge is 2.35. The van der Waals surface area contributed by atoms with Crippen LogP contribution in [0.25, 0.3) is 0 Å². The molecule has 0 aliphatic carbocycles. The van der Waals surface area contributed by atoms with Crippen molar-refractivity contribution in [1.82, 2.24) is 5.32 Å². The molecule has 2 amide bonds. The Kier molecular flexibility index (Phi) is 5.43. The largest absolute Gasteiger partial charge is 0.493 e. The van der Waals surface area contributed by atoms with Gasteiger partial charge in [0.1, 0.15) is 0 Å². The van der Waals surface area contributed by atoms with Crippen molar-refractivity contribution in [2.45, 2.75) is 12.8 Å². The first-order chi connectivity index (χ1) is 12.1. The summed E-state index contributed by atoms with van der Waals surface area (Å²) in [4.78, 5) is 26.4. The van der Waals surface area contributed by atoms with E-state index < -0.39 is 0 Å². The molecule has 1 aromatic rings. The maximum Gasteiger partial charge on any atom is 0.227 e. The van der Waals surface area contributed by atoms with Gasteiger partial charge in [0.2, 0.25) is 11.8 Å². The second-order valence-corrected chi connectivity index (χ2v) is 6.42. The van der Waals surface area contributed by atoms with Crippen LogP contribution in [0.5, 0.6) is 11.5 Å². The molecule has 2 aliphatic rings. The minimum atomic E-state index is -0.331. The Hall–Kier alpha value is -2.28. The van der Waals surface area contributed by atoms with Crippen LogP contribution in [0.4, 0.5) is 5.69 Å². The van der Waals surface area contributed by atoms with Gasteiger partial charge in [0, 0.05) is 43.8 Å². The molecule has 0 aromatic heterocycles. The summed E-state index contributed by atoms with van der Waals surface area (Å²) in [7, 11) is 3.12. The molecule has 2 aliphatic heterocycles. The molecule has 25 heavy (non-hydrogen) atoms. The predicted octanol–water partition coefficient (Wildman–Crippen LogP) is 1.21. The summed E-state index contributed by atoms with van der Waals surface area (Å²) in [6.07, 6.45) is 1.20. The van der Waals surface area contributed by atoms with Crippen molar-refractivity contribution in [3.63, 3.8) is 0 Å². The maximum atomic E-state index is 12.4. The van der Waals surface area contributed by atoms with E-state index in [9.17, 15) is 9.59 Å². The first kappa shape index (κ1) is 17.5. The van der Waals surface area contributed by atoms with Crippen molar-refractivity contribution in [3.05, 3.63) is 18.2 Å². The third-order valence-electron chi connectivity index (χ3n) is 4.76. The van der Waals surface area contributed by atoms with E-state index in [2.05, 4.69) is 5.32 Å². The number of amides is 2. The Morgan fingerprint density at radius 1 is 1.32 bits per heavy atom. The number of nitrogens with one attached hydrogen (secondary N) is 1. The van der Waals surface area contributed by atoms with Crippen LogP contribution in [0.3, 0.4) is 0 Å². The van der Waals surface area contributed by atoms with Gasteiger partial charge >= 0.3 is 0 Å². The number of benzene rings is 1. The topological polar surface area (TPSA) is 77.1 Å². The lowest BCUT2D eigenvalue weighted by Gasteiger charge is -2.19. The Morgan fingerprint density at radius 2 is 2.12 bits per heavy atom. The molecule has 0 spiro atoms. The van der Waals surface area contributed by atoms with Crippen LogP contribution in [0.2, 0.25) is 0 Å². The highest BCUT2D eigenvalue weighted by Crippen LogP contribution is 2.34. The standard InChI is InChI=1S/C18H24N2O5/c1-23-15-4-3-14(8-16(15)24-2)20-10-13(7-17(20)21)18(22)19-9-12-5-6-25-11-12/h3-4,8,12-13H,5-7,9-11H2,1-2H3,(H,19,22)/t12-,13-/m0/s1. The fourth-order valence-electron chi connectivity index (χ4n) is 3.26. The monoisotopic (exact) mass is 348 g/mol. The van der Waals surface area contributed by atoms with Crippen LogP contribution in [0.1, 0.15) is 12.8 Å². The molecule has 3 rings (SSSR count). The summed E-state index contributed by atoms with van der Waals surface area (Å²) in [6.45, 7) is 2.44. The molecule has 0 unspecified atom stereocenters. The molecule has 136 valence electrons. The van der Waals surface area contributed by atoms with Gasteiger partial charge < -0.3 is 24.4 Å². The summed E-state index contributed by atoms with van der Waals surface area (Å²) in [6, 6.07) is 5.32. The third kappa shape index (κ3) is 3.87. The van der Waals surface area contributed by atoms with Gasteiger partial charge in [-0.1, -0.05) is 0 Å². The summed E-state index contributed by atoms with van der Waals surface area (Å²) in [5.41, 5.74) is 0.710. The van der Waals surface area contributed by atoms with Gasteiger partial charge in [-0.25, -0.2) is 0 Å². The van der Waals surface area contributed by atoms with E-state index in [0.29, 0.717) is 42.8 Å². The fourth-order valence-corrected chi connectivity index (χ4v) is 3.26. The molecule has 2 fully saturated rings. The Morgan fingerprint density at radius 3 is 2.80 bits per heavy atom. The predicted molar refractivity (Wildman–Crippen MR) is 91.9 cm³/mol. The van der Waals surface area contributed by atoms with Gasteiger partial charge in [-0.3, -0.25) is 9.59 Å². The molecule has 2 heterocycles. The van der Waals surface area contributed by atoms with Crippen molar-refractivity contribution >= 4 is 17.5 Å². The van der Waals surface area contributed by atoms with Gasteiger partial charge in [-0.15, -0.1) is 0 Å². The lowest BCUT2D eigenvalue weighted by Crippen LogP contribution is -2.36. The molecule has 2 atom stereocenters. The minimum Gasteiger partial charge on any atom is -0.493 e. The Balaban J connectivity index is 1.62. The number of hydrogen-bond donors (Lipinski definition) is 1. The van der Waals surface area contributed by atoms with E-state index in [4.69, 9.17) is 14.2 Å². The molecule has 0 bridgehead atoms. The SMILES string of the molecule is COc1ccc(N2C[C@@H](C(=O)NC[C@@H]3CCOC3)CC2=O)cc1OC. The van der Waals surface area contributed by atoms with Crippen LogP contribution < -0.4 is 19.7 Å². The molecule has 1 N–H and O–H groups in total. The number of hydrogen-bond acceptors (Lipinski definition) is 5. The normalized spacial score (nSPS) is 23.0. The smallest absolute Gasteiger partial charge is 0.227 e. The van der Waals surface area contributed by atoms with E-state index in [1.807, 2.05) is 0 Å². The van der Waals surface area contributed by atoms with Gasteiger partial charge in [0.25, 0.3) is 0 Å². The maximum absolute atomic E-state index is 12.4. The molecule has 2 saturated heterocycles. The van der Waals surface area contributed by atoms with E-state index in [1.165, 1.54) is 0 Å². The van der Waals surface area contributed by atoms with Crippen LogP contribution in [0.15, 0.2) is 18.2 Å². The van der Waals surface area contributed by atoms with Crippen LogP contribution >= 0.6 is 0 Å². The first-order valence-corrected chi connectivity index (χ1v) is 8.50. The van der Waals surface area contributed by atoms with Crippen molar-refractivity contribution in [1.29, 1.82) is 0 Å². The minimum absolute atomic E-state index is 0.0587. The quantitative estimate of drug-likeness (QED) is 0.836. The number of carbonyl (C=O) groups excluding carboxylic acids is 2. The van der Waals surface area contributed by atoms with Crippen molar-refractivity contribution < 1.29 is 23.8 Å². The van der Waals surface area contributed by atoms with Gasteiger partial charge in [-0.2, -0.15) is 0 Å². The zero-order valence-electron chi connectivity index (χ0n) is 14.6. The molecule has 0 saturated carbocycles. The fraction of sp³-hybridized carbons (Fsp3) is 0.556. The second kappa shape index (κ2) is 7.74. The second-order valence-electron chi connectivity index (χ2n) is 6.42. The van der Waals surface area contributed by atoms with Gasteiger partial charge in [0.05, 0.1) is 26.7 Å². The molecule has 1 aromatic carbocycles. The van der Waals surface area contributed by atoms with E-state index in [-0.39, 0.29) is 24.2 Å². The van der Waals surface area contributed by atoms with Crippen molar-refractivity contribution in [3.8, 4) is 11.5 Å². The van der Waals surface area contributed by atoms with E-state index in [0.717, 1.165) is 13.0 Å². The third-order valence-corrected chi connectivity index (χ3v) is 4.76. The lowest BCUT2D eigenvalue weighted by molar-refractivity contribution is -0.126. The number of anilines is 1. The summed E-state index contributed by atoms with van der Waals surface area (Å²) in [5, 5.41) is 2.96. The lowest BCUT2D eigenvalue weighted by atomic mass is 10.1. The van der Waals surface area contributed by atoms with E-state index >= 15 is 0 Å². The highest BCUT2D eigenvalue weighted by atomic mass is 16.5. The van der Waals surface area contributed by atoms with Gasteiger partial charge in [0.15, 0.2) is 11.5 Å². The van der Waals surface area contributed by atoms with Crippen molar-refractivity contribution in [2.75, 3.05) is 45.4 Å². The van der Waals surface area contributed by atoms with Crippen LogP contribution in [0, 0.1) is 11.8 Å². The summed E-state index contributed by atoms with van der Waals surface area (Å²) < 4.78 is 15.8. The number of nitrogens with zero attached hydrogens (tertiary/aromatic N) is 1. The average molecular weight is 348 g/mol. The number of carbonyl (C=O) groups is 2. The number of rotatable bonds is 6. The Bertz CT molecular complexity index is 642. The summed E-state index contributed by atoms with van der Waals surface area (Å²) in [5.74, 6) is 1.08. The molecule has 7 heteroatoms. The molecule has 7 nitrogen and oxygen atoms in total. The van der Waals surface area contributed by atoms with Gasteiger partial charge in [-0.05, 0) is 18.6 Å².